The lowest BCUT2D eigenvalue weighted by Crippen LogP contribution is -2.24. The lowest BCUT2D eigenvalue weighted by Gasteiger charge is -2.16. The van der Waals surface area contributed by atoms with Crippen molar-refractivity contribution in [3.63, 3.8) is 0 Å². The molecule has 1 heterocycles. The molecule has 0 aliphatic heterocycles. The van der Waals surface area contributed by atoms with E-state index >= 15 is 0 Å². The molecule has 0 radical (unpaired) electrons. The molecule has 15 heteroatoms. The van der Waals surface area contributed by atoms with Gasteiger partial charge in [-0.1, -0.05) is 0 Å². The molecule has 176 valence electrons. The molecule has 2 aromatic rings. The van der Waals surface area contributed by atoms with Gasteiger partial charge in [-0.3, -0.25) is 9.36 Å². The Hall–Kier alpha value is -1.62. The van der Waals surface area contributed by atoms with Crippen LogP contribution in [0, 0.1) is 11.3 Å². The van der Waals surface area contributed by atoms with E-state index in [9.17, 15) is 26.6 Å². The molecular formula is C17H18BrF2N2O7PS2. The van der Waals surface area contributed by atoms with Gasteiger partial charge >= 0.3 is 13.3 Å². The first-order valence-corrected chi connectivity index (χ1v) is 14.1. The second-order valence-electron chi connectivity index (χ2n) is 6.68. The molecule has 0 saturated heterocycles. The number of fused-ring (bicyclic) bond motifs is 1. The fourth-order valence-corrected chi connectivity index (χ4v) is 6.16. The summed E-state index contributed by atoms with van der Waals surface area (Å²) >= 11 is 3.33. The molecule has 9 nitrogen and oxygen atoms in total. The number of alkyl halides is 2. The maximum absolute atomic E-state index is 14.4. The molecule has 1 amide bonds. The molecule has 0 unspecified atom stereocenters. The number of nitrogens with one attached hydrogen (secondary N) is 1. The molecule has 0 atom stereocenters. The summed E-state index contributed by atoms with van der Waals surface area (Å²) < 4.78 is 68.0. The highest BCUT2D eigenvalue weighted by Crippen LogP contribution is 2.63. The predicted octanol–water partition coefficient (Wildman–Crippen LogP) is 3.35. The Balaban J connectivity index is 2.54. The minimum atomic E-state index is -5.85. The molecule has 32 heavy (non-hydrogen) atoms. The number of nitrogens with zero attached hydrogens (tertiary/aromatic N) is 1. The Bertz CT molecular complexity index is 1220. The Labute approximate surface area is 194 Å². The predicted molar refractivity (Wildman–Crippen MR) is 118 cm³/mol. The monoisotopic (exact) mass is 574 g/mol. The van der Waals surface area contributed by atoms with Crippen LogP contribution in [0.5, 0.6) is 5.75 Å². The zero-order valence-electron chi connectivity index (χ0n) is 16.5. The van der Waals surface area contributed by atoms with Crippen LogP contribution in [0.3, 0.4) is 0 Å². The normalized spacial score (nSPS) is 12.5. The van der Waals surface area contributed by atoms with Crippen LogP contribution in [-0.2, 0) is 20.1 Å². The average Bonchev–Trinajstić information content (AvgIpc) is 3.01. The smallest absolute Gasteiger partial charge is 0.400 e. The van der Waals surface area contributed by atoms with Crippen LogP contribution in [-0.4, -0.2) is 49.3 Å². The largest absolute Gasteiger partial charge is 0.492 e. The first-order chi connectivity index (χ1) is 14.7. The second kappa shape index (κ2) is 10.1. The number of hydrogen-bond acceptors (Lipinski definition) is 7. The van der Waals surface area contributed by atoms with E-state index in [0.29, 0.717) is 11.3 Å². The summed E-state index contributed by atoms with van der Waals surface area (Å²) in [7, 11) is -9.11. The highest BCUT2D eigenvalue weighted by Gasteiger charge is 2.53. The molecular weight excluding hydrogens is 557 g/mol. The molecule has 0 saturated carbocycles. The number of hydrogen-bond donors (Lipinski definition) is 3. The first kappa shape index (κ1) is 26.6. The van der Waals surface area contributed by atoms with Gasteiger partial charge in [0.05, 0.1) is 29.5 Å². The van der Waals surface area contributed by atoms with Crippen LogP contribution >= 0.6 is 34.9 Å². The van der Waals surface area contributed by atoms with Crippen molar-refractivity contribution in [3.05, 3.63) is 27.0 Å². The lowest BCUT2D eigenvalue weighted by molar-refractivity contribution is 0.0595. The maximum atomic E-state index is 14.4. The first-order valence-electron chi connectivity index (χ1n) is 8.84. The van der Waals surface area contributed by atoms with Crippen LogP contribution in [0.25, 0.3) is 10.1 Å². The fourth-order valence-electron chi connectivity index (χ4n) is 2.54. The maximum Gasteiger partial charge on any atom is 0.400 e. The highest BCUT2D eigenvalue weighted by atomic mass is 79.9. The topological polar surface area (TPSA) is 154 Å². The molecule has 2 rings (SSSR count). The Morgan fingerprint density at radius 3 is 2.62 bits per heavy atom. The molecule has 3 N–H and O–H groups in total. The minimum absolute atomic E-state index is 0.00176. The van der Waals surface area contributed by atoms with E-state index in [1.54, 1.807) is 0 Å². The molecule has 0 fully saturated rings. The highest BCUT2D eigenvalue weighted by molar-refractivity contribution is 9.10. The van der Waals surface area contributed by atoms with Crippen LogP contribution < -0.4 is 10.1 Å². The van der Waals surface area contributed by atoms with Crippen molar-refractivity contribution < 1.29 is 41.1 Å². The van der Waals surface area contributed by atoms with Crippen molar-refractivity contribution in [2.24, 2.45) is 0 Å². The Kier molecular flexibility index (Phi) is 8.41. The number of carbonyl (C=O) groups is 1. The summed E-state index contributed by atoms with van der Waals surface area (Å²) in [5.74, 6) is -0.829. The van der Waals surface area contributed by atoms with Gasteiger partial charge in [0.2, 0.25) is 0 Å². The van der Waals surface area contributed by atoms with Gasteiger partial charge in [-0.2, -0.15) is 14.0 Å². The van der Waals surface area contributed by atoms with Gasteiger partial charge < -0.3 is 19.8 Å². The van der Waals surface area contributed by atoms with Crippen molar-refractivity contribution >= 4 is 60.7 Å². The molecule has 1 aromatic heterocycles. The van der Waals surface area contributed by atoms with Crippen molar-refractivity contribution in [3.8, 4) is 11.8 Å². The van der Waals surface area contributed by atoms with E-state index in [1.807, 2.05) is 6.07 Å². The van der Waals surface area contributed by atoms with E-state index in [4.69, 9.17) is 19.8 Å². The molecule has 0 aliphatic rings. The lowest BCUT2D eigenvalue weighted by atomic mass is 10.1. The molecule has 0 aliphatic carbocycles. The van der Waals surface area contributed by atoms with Crippen LogP contribution in [0.4, 0.5) is 8.78 Å². The fraction of sp³-hybridized carbons (Fsp3) is 0.412. The zero-order valence-corrected chi connectivity index (χ0v) is 20.6. The Morgan fingerprint density at radius 2 is 2.06 bits per heavy atom. The summed E-state index contributed by atoms with van der Waals surface area (Å²) in [5, 5.41) is 11.1. The standard InChI is InChI=1S/C17H18BrF2N2O7PS2/c1-32(27,28)7-3-6-29-12-9-10(16(23)22-5-2-4-21)8-11-13(18)15(31-14(11)12)17(19,20)30(24,25)26/h8-9H,2-3,5-7H2,1H3,(H,22,23)(H2,24,25,26). The second-order valence-corrected chi connectivity index (χ2v) is 12.4. The molecule has 1 aromatic carbocycles. The van der Waals surface area contributed by atoms with E-state index in [2.05, 4.69) is 21.2 Å². The van der Waals surface area contributed by atoms with Crippen LogP contribution in [0.15, 0.2) is 16.6 Å². The summed E-state index contributed by atoms with van der Waals surface area (Å²) in [6, 6.07) is 4.36. The summed E-state index contributed by atoms with van der Waals surface area (Å²) in [6.07, 6.45) is 1.19. The SMILES string of the molecule is CS(=O)(=O)CCCOc1cc(C(=O)NCCC#N)cc2c(Br)c(C(F)(F)P(=O)(O)O)sc12. The number of halogens is 3. The number of sulfone groups is 1. The van der Waals surface area contributed by atoms with Gasteiger partial charge in [-0.15, -0.1) is 11.3 Å². The Morgan fingerprint density at radius 1 is 1.41 bits per heavy atom. The van der Waals surface area contributed by atoms with Crippen molar-refractivity contribution in [1.82, 2.24) is 5.32 Å². The zero-order chi connectivity index (χ0) is 24.3. The van der Waals surface area contributed by atoms with Crippen LogP contribution in [0.1, 0.15) is 28.1 Å². The number of ether oxygens (including phenoxy) is 1. The summed E-state index contributed by atoms with van der Waals surface area (Å²) in [5.41, 5.74) is -4.49. The van der Waals surface area contributed by atoms with Gasteiger partial charge in [0, 0.05) is 28.2 Å². The minimum Gasteiger partial charge on any atom is -0.492 e. The summed E-state index contributed by atoms with van der Waals surface area (Å²) in [4.78, 5) is 29.7. The third-order valence-corrected chi connectivity index (χ3v) is 8.55. The molecule has 0 bridgehead atoms. The van der Waals surface area contributed by atoms with E-state index in [0.717, 1.165) is 6.26 Å². The van der Waals surface area contributed by atoms with Gasteiger partial charge in [-0.05, 0) is 34.5 Å². The van der Waals surface area contributed by atoms with Crippen molar-refractivity contribution in [1.29, 1.82) is 5.26 Å². The number of rotatable bonds is 10. The van der Waals surface area contributed by atoms with Gasteiger partial charge in [0.1, 0.15) is 20.5 Å². The van der Waals surface area contributed by atoms with Crippen molar-refractivity contribution in [2.45, 2.75) is 18.5 Å². The van der Waals surface area contributed by atoms with Gasteiger partial charge in [-0.25, -0.2) is 8.42 Å². The third-order valence-electron chi connectivity index (χ3n) is 4.04. The third kappa shape index (κ3) is 6.24. The quantitative estimate of drug-likeness (QED) is 0.288. The van der Waals surface area contributed by atoms with E-state index in [1.165, 1.54) is 12.1 Å². The number of carbonyl (C=O) groups excluding carboxylic acids is 1. The summed E-state index contributed by atoms with van der Waals surface area (Å²) in [6.45, 7) is -0.0638. The number of amides is 1. The van der Waals surface area contributed by atoms with E-state index in [-0.39, 0.29) is 57.6 Å². The number of nitriles is 1. The number of benzene rings is 1. The van der Waals surface area contributed by atoms with Crippen molar-refractivity contribution in [2.75, 3.05) is 25.2 Å². The molecule has 0 spiro atoms. The average molecular weight is 575 g/mol. The number of thiophene rings is 1. The van der Waals surface area contributed by atoms with Gasteiger partial charge in [0.25, 0.3) is 5.91 Å². The van der Waals surface area contributed by atoms with Gasteiger partial charge in [0.15, 0.2) is 0 Å². The van der Waals surface area contributed by atoms with Crippen LogP contribution in [0.2, 0.25) is 0 Å². The van der Waals surface area contributed by atoms with E-state index < -0.39 is 33.9 Å².